The molecule has 8 nitrogen and oxygen atoms in total. The fraction of sp³-hybridized carbons (Fsp3) is 0.667. The molecule has 2 aromatic rings. The van der Waals surface area contributed by atoms with E-state index in [4.69, 9.17) is 4.74 Å². The van der Waals surface area contributed by atoms with Crippen LogP contribution < -0.4 is 0 Å². The third-order valence-corrected chi connectivity index (χ3v) is 5.55. The quantitative estimate of drug-likeness (QED) is 0.771. The Hall–Kier alpha value is -2.22. The molecule has 0 radical (unpaired) electrons. The highest BCUT2D eigenvalue weighted by atomic mass is 16.5. The zero-order valence-corrected chi connectivity index (χ0v) is 15.9. The van der Waals surface area contributed by atoms with Gasteiger partial charge in [-0.25, -0.2) is 9.67 Å². The topological polar surface area (TPSA) is 78.1 Å². The minimum Gasteiger partial charge on any atom is -0.381 e. The summed E-state index contributed by atoms with van der Waals surface area (Å²) >= 11 is 0. The summed E-state index contributed by atoms with van der Waals surface area (Å²) in [6.45, 7) is 8.04. The SMILES string of the molecule is Cn1cnc2c1CCN(C(=O)c1cn(C(C)(C)C)nn1)C21CCOCC1. The Kier molecular flexibility index (Phi) is 3.91. The summed E-state index contributed by atoms with van der Waals surface area (Å²) in [6, 6.07) is 0. The summed E-state index contributed by atoms with van der Waals surface area (Å²) in [4.78, 5) is 20.0. The predicted molar refractivity (Wildman–Crippen MR) is 94.7 cm³/mol. The van der Waals surface area contributed by atoms with Crippen LogP contribution in [0, 0.1) is 0 Å². The van der Waals surface area contributed by atoms with Crippen LogP contribution in [0.5, 0.6) is 0 Å². The number of hydrogen-bond donors (Lipinski definition) is 0. The summed E-state index contributed by atoms with van der Waals surface area (Å²) in [5.41, 5.74) is 2.01. The molecule has 0 unspecified atom stereocenters. The zero-order valence-electron chi connectivity index (χ0n) is 15.9. The van der Waals surface area contributed by atoms with Gasteiger partial charge in [-0.3, -0.25) is 4.79 Å². The molecule has 4 heterocycles. The maximum absolute atomic E-state index is 13.4. The molecule has 26 heavy (non-hydrogen) atoms. The zero-order chi connectivity index (χ0) is 18.5. The second-order valence-electron chi connectivity index (χ2n) is 8.22. The van der Waals surface area contributed by atoms with Crippen LogP contribution in [0.1, 0.15) is 55.5 Å². The van der Waals surface area contributed by atoms with Crippen molar-refractivity contribution in [3.05, 3.63) is 29.6 Å². The van der Waals surface area contributed by atoms with Gasteiger partial charge in [-0.2, -0.15) is 0 Å². The van der Waals surface area contributed by atoms with Crippen LogP contribution in [0.4, 0.5) is 0 Å². The van der Waals surface area contributed by atoms with Crippen molar-refractivity contribution in [1.82, 2.24) is 29.4 Å². The molecule has 2 aliphatic heterocycles. The molecule has 1 fully saturated rings. The number of hydrogen-bond acceptors (Lipinski definition) is 5. The number of rotatable bonds is 1. The van der Waals surface area contributed by atoms with Crippen LogP contribution in [0.2, 0.25) is 0 Å². The van der Waals surface area contributed by atoms with Crippen LogP contribution in [-0.4, -0.2) is 55.1 Å². The second-order valence-corrected chi connectivity index (χ2v) is 8.22. The van der Waals surface area contributed by atoms with E-state index in [2.05, 4.69) is 19.9 Å². The van der Waals surface area contributed by atoms with E-state index in [1.165, 1.54) is 5.69 Å². The number of amides is 1. The van der Waals surface area contributed by atoms with E-state index in [-0.39, 0.29) is 11.4 Å². The molecule has 0 N–H and O–H groups in total. The fourth-order valence-corrected chi connectivity index (χ4v) is 4.04. The highest BCUT2D eigenvalue weighted by Gasteiger charge is 2.49. The summed E-state index contributed by atoms with van der Waals surface area (Å²) in [5, 5.41) is 8.32. The number of nitrogens with zero attached hydrogens (tertiary/aromatic N) is 6. The van der Waals surface area contributed by atoms with E-state index in [1.54, 1.807) is 10.9 Å². The number of carbonyl (C=O) groups is 1. The molecule has 8 heteroatoms. The number of carbonyl (C=O) groups excluding carboxylic acids is 1. The number of fused-ring (bicyclic) bond motifs is 2. The molecule has 0 aromatic carbocycles. The predicted octanol–water partition coefficient (Wildman–Crippen LogP) is 1.47. The van der Waals surface area contributed by atoms with E-state index in [1.807, 2.05) is 39.0 Å². The van der Waals surface area contributed by atoms with Crippen molar-refractivity contribution in [2.45, 2.75) is 51.1 Å². The molecule has 0 bridgehead atoms. The van der Waals surface area contributed by atoms with Crippen LogP contribution >= 0.6 is 0 Å². The maximum atomic E-state index is 13.4. The molecule has 1 spiro atoms. The lowest BCUT2D eigenvalue weighted by molar-refractivity contribution is -0.0299. The lowest BCUT2D eigenvalue weighted by Crippen LogP contribution is -2.56. The Labute approximate surface area is 153 Å². The Morgan fingerprint density at radius 3 is 2.65 bits per heavy atom. The van der Waals surface area contributed by atoms with Crippen molar-refractivity contribution in [3.63, 3.8) is 0 Å². The van der Waals surface area contributed by atoms with Crippen LogP contribution in [0.25, 0.3) is 0 Å². The van der Waals surface area contributed by atoms with Gasteiger partial charge in [0.1, 0.15) is 0 Å². The lowest BCUT2D eigenvalue weighted by Gasteiger charge is -2.48. The normalized spacial score (nSPS) is 19.6. The van der Waals surface area contributed by atoms with Crippen molar-refractivity contribution < 1.29 is 9.53 Å². The fourth-order valence-electron chi connectivity index (χ4n) is 4.04. The van der Waals surface area contributed by atoms with Crippen molar-refractivity contribution >= 4 is 5.91 Å². The largest absolute Gasteiger partial charge is 0.381 e. The monoisotopic (exact) mass is 358 g/mol. The first-order valence-electron chi connectivity index (χ1n) is 9.16. The minimum absolute atomic E-state index is 0.0706. The average molecular weight is 358 g/mol. The van der Waals surface area contributed by atoms with E-state index in [0.29, 0.717) is 25.5 Å². The van der Waals surface area contributed by atoms with Crippen molar-refractivity contribution in [2.24, 2.45) is 7.05 Å². The maximum Gasteiger partial charge on any atom is 0.276 e. The first kappa shape index (κ1) is 17.2. The molecule has 2 aliphatic rings. The van der Waals surface area contributed by atoms with Gasteiger partial charge in [-0.05, 0) is 33.6 Å². The van der Waals surface area contributed by atoms with Gasteiger partial charge in [0.2, 0.25) is 0 Å². The standard InChI is InChI=1S/C18H26N6O2/c1-17(2,3)24-11-13(20-21-24)16(25)23-8-5-14-15(19-12-22(14)4)18(23)6-9-26-10-7-18/h11-12H,5-10H2,1-4H3. The van der Waals surface area contributed by atoms with Crippen LogP contribution in [0.3, 0.4) is 0 Å². The second kappa shape index (κ2) is 5.90. The van der Waals surface area contributed by atoms with Crippen LogP contribution in [-0.2, 0) is 29.3 Å². The molecule has 0 aliphatic carbocycles. The summed E-state index contributed by atoms with van der Waals surface area (Å²) in [7, 11) is 2.02. The smallest absolute Gasteiger partial charge is 0.276 e. The van der Waals surface area contributed by atoms with Gasteiger partial charge >= 0.3 is 0 Å². The van der Waals surface area contributed by atoms with E-state index in [0.717, 1.165) is 25.0 Å². The summed E-state index contributed by atoms with van der Waals surface area (Å²) in [5.74, 6) is -0.0706. The van der Waals surface area contributed by atoms with E-state index in [9.17, 15) is 4.79 Å². The van der Waals surface area contributed by atoms with Crippen LogP contribution in [0.15, 0.2) is 12.5 Å². The minimum atomic E-state index is -0.407. The van der Waals surface area contributed by atoms with Gasteiger partial charge in [0.25, 0.3) is 5.91 Å². The number of ether oxygens (including phenoxy) is 1. The van der Waals surface area contributed by atoms with Gasteiger partial charge in [0.15, 0.2) is 5.69 Å². The highest BCUT2D eigenvalue weighted by molar-refractivity contribution is 5.92. The van der Waals surface area contributed by atoms with Gasteiger partial charge in [0, 0.05) is 38.9 Å². The van der Waals surface area contributed by atoms with Crippen molar-refractivity contribution in [2.75, 3.05) is 19.8 Å². The molecule has 0 atom stereocenters. The molecular formula is C18H26N6O2. The molecule has 140 valence electrons. The molecular weight excluding hydrogens is 332 g/mol. The Morgan fingerprint density at radius 1 is 1.27 bits per heavy atom. The van der Waals surface area contributed by atoms with Gasteiger partial charge < -0.3 is 14.2 Å². The van der Waals surface area contributed by atoms with Crippen molar-refractivity contribution in [1.29, 1.82) is 0 Å². The van der Waals surface area contributed by atoms with Gasteiger partial charge in [-0.15, -0.1) is 5.10 Å². The highest BCUT2D eigenvalue weighted by Crippen LogP contribution is 2.42. The Bertz CT molecular complexity index is 825. The molecule has 2 aromatic heterocycles. The molecule has 1 amide bonds. The number of aryl methyl sites for hydroxylation is 1. The third-order valence-electron chi connectivity index (χ3n) is 5.55. The van der Waals surface area contributed by atoms with Gasteiger partial charge in [-0.1, -0.05) is 5.21 Å². The molecule has 4 rings (SSSR count). The first-order chi connectivity index (χ1) is 12.3. The van der Waals surface area contributed by atoms with Crippen molar-refractivity contribution in [3.8, 4) is 0 Å². The van der Waals surface area contributed by atoms with E-state index >= 15 is 0 Å². The van der Waals surface area contributed by atoms with E-state index < -0.39 is 5.54 Å². The number of imidazole rings is 1. The average Bonchev–Trinajstić information content (AvgIpc) is 3.23. The molecule has 1 saturated heterocycles. The summed E-state index contributed by atoms with van der Waals surface area (Å²) < 4.78 is 9.41. The summed E-state index contributed by atoms with van der Waals surface area (Å²) in [6.07, 6.45) is 5.93. The third kappa shape index (κ3) is 2.55. The Balaban J connectivity index is 1.73. The molecule has 0 saturated carbocycles. The Morgan fingerprint density at radius 2 is 2.00 bits per heavy atom. The lowest BCUT2D eigenvalue weighted by atomic mass is 9.80. The first-order valence-corrected chi connectivity index (χ1v) is 9.16. The van der Waals surface area contributed by atoms with Gasteiger partial charge in [0.05, 0.1) is 29.3 Å². The number of aromatic nitrogens is 5.